The molecule has 1 aliphatic rings. The summed E-state index contributed by atoms with van der Waals surface area (Å²) in [5, 5.41) is 0.571. The van der Waals surface area contributed by atoms with Crippen LogP contribution >= 0.6 is 11.6 Å². The maximum absolute atomic E-state index is 12.0. The normalized spacial score (nSPS) is 17.0. The standard InChI is InChI=1S/C18H24ClN3O5/c1-2-26-18(25)13-4-3-9-22(10-13)11-16(23)20-21-17(24)12-27-15-7-5-14(19)6-8-15/h5-8,13H,2-4,9-12H2,1H3,(H,20,23)(H,21,24)/t13-/m1/s1. The average Bonchev–Trinajstić information content (AvgIpc) is 2.66. The van der Waals surface area contributed by atoms with Crippen LogP contribution in [0.1, 0.15) is 19.8 Å². The third-order valence-electron chi connectivity index (χ3n) is 4.02. The number of rotatable bonds is 7. The molecule has 1 saturated heterocycles. The topological polar surface area (TPSA) is 97.0 Å². The lowest BCUT2D eigenvalue weighted by atomic mass is 9.98. The number of benzene rings is 1. The highest BCUT2D eigenvalue weighted by atomic mass is 35.5. The summed E-state index contributed by atoms with van der Waals surface area (Å²) in [4.78, 5) is 37.4. The van der Waals surface area contributed by atoms with Crippen LogP contribution < -0.4 is 15.6 Å². The first kappa shape index (κ1) is 21.0. The van der Waals surface area contributed by atoms with Crippen molar-refractivity contribution < 1.29 is 23.9 Å². The number of halogens is 1. The van der Waals surface area contributed by atoms with Crippen LogP contribution in [0.2, 0.25) is 5.02 Å². The molecule has 0 aromatic heterocycles. The molecule has 8 nitrogen and oxygen atoms in total. The van der Waals surface area contributed by atoms with Crippen molar-refractivity contribution in [3.63, 3.8) is 0 Å². The van der Waals surface area contributed by atoms with Crippen molar-refractivity contribution in [3.8, 4) is 5.75 Å². The lowest BCUT2D eigenvalue weighted by molar-refractivity contribution is -0.150. The molecule has 27 heavy (non-hydrogen) atoms. The zero-order valence-electron chi connectivity index (χ0n) is 15.2. The number of carbonyl (C=O) groups is 3. The van der Waals surface area contributed by atoms with E-state index in [-0.39, 0.29) is 30.9 Å². The molecule has 2 N–H and O–H groups in total. The number of nitrogens with one attached hydrogen (secondary N) is 2. The van der Waals surface area contributed by atoms with Gasteiger partial charge in [0.05, 0.1) is 19.1 Å². The Bertz CT molecular complexity index is 653. The first-order valence-electron chi connectivity index (χ1n) is 8.83. The molecule has 2 amide bonds. The van der Waals surface area contributed by atoms with Crippen molar-refractivity contribution in [3.05, 3.63) is 29.3 Å². The molecule has 0 unspecified atom stereocenters. The van der Waals surface area contributed by atoms with Gasteiger partial charge < -0.3 is 9.47 Å². The molecular weight excluding hydrogens is 374 g/mol. The fourth-order valence-corrected chi connectivity index (χ4v) is 2.88. The monoisotopic (exact) mass is 397 g/mol. The summed E-state index contributed by atoms with van der Waals surface area (Å²) in [5.41, 5.74) is 4.65. The lowest BCUT2D eigenvalue weighted by Gasteiger charge is -2.30. The molecule has 0 spiro atoms. The summed E-state index contributed by atoms with van der Waals surface area (Å²) in [6.45, 7) is 3.16. The van der Waals surface area contributed by atoms with Crippen molar-refractivity contribution in [1.29, 1.82) is 0 Å². The molecule has 1 fully saturated rings. The van der Waals surface area contributed by atoms with Crippen LogP contribution in [0.25, 0.3) is 0 Å². The van der Waals surface area contributed by atoms with E-state index in [1.807, 2.05) is 4.90 Å². The van der Waals surface area contributed by atoms with E-state index < -0.39 is 5.91 Å². The van der Waals surface area contributed by atoms with Gasteiger partial charge in [-0.15, -0.1) is 0 Å². The van der Waals surface area contributed by atoms with Gasteiger partial charge in [0.15, 0.2) is 6.61 Å². The zero-order valence-corrected chi connectivity index (χ0v) is 16.0. The second kappa shape index (κ2) is 10.7. The van der Waals surface area contributed by atoms with Crippen LogP contribution in [0, 0.1) is 5.92 Å². The molecule has 1 aromatic carbocycles. The number of esters is 1. The van der Waals surface area contributed by atoms with Crippen LogP contribution in [-0.2, 0) is 19.1 Å². The maximum Gasteiger partial charge on any atom is 0.310 e. The number of likely N-dealkylation sites (tertiary alicyclic amines) is 1. The Balaban J connectivity index is 1.66. The van der Waals surface area contributed by atoms with E-state index in [9.17, 15) is 14.4 Å². The highest BCUT2D eigenvalue weighted by Gasteiger charge is 2.27. The molecule has 0 bridgehead atoms. The molecule has 2 rings (SSSR count). The van der Waals surface area contributed by atoms with E-state index in [0.717, 1.165) is 19.4 Å². The average molecular weight is 398 g/mol. The number of carbonyl (C=O) groups excluding carboxylic acids is 3. The number of hydrazine groups is 1. The second-order valence-electron chi connectivity index (χ2n) is 6.17. The van der Waals surface area contributed by atoms with E-state index in [2.05, 4.69) is 10.9 Å². The largest absolute Gasteiger partial charge is 0.484 e. The number of nitrogens with zero attached hydrogens (tertiary/aromatic N) is 1. The van der Waals surface area contributed by atoms with Gasteiger partial charge in [0.1, 0.15) is 5.75 Å². The minimum atomic E-state index is -0.485. The summed E-state index contributed by atoms with van der Waals surface area (Å²) in [7, 11) is 0. The van der Waals surface area contributed by atoms with E-state index >= 15 is 0 Å². The first-order valence-corrected chi connectivity index (χ1v) is 9.20. The number of amides is 2. The molecule has 0 aliphatic carbocycles. The second-order valence-corrected chi connectivity index (χ2v) is 6.60. The highest BCUT2D eigenvalue weighted by Crippen LogP contribution is 2.17. The van der Waals surface area contributed by atoms with Gasteiger partial charge in [-0.2, -0.15) is 0 Å². The number of ether oxygens (including phenoxy) is 2. The summed E-state index contributed by atoms with van der Waals surface area (Å²) in [6, 6.07) is 6.59. The molecule has 0 saturated carbocycles. The van der Waals surface area contributed by atoms with Crippen molar-refractivity contribution >= 4 is 29.4 Å². The van der Waals surface area contributed by atoms with Crippen molar-refractivity contribution in [2.45, 2.75) is 19.8 Å². The van der Waals surface area contributed by atoms with Gasteiger partial charge >= 0.3 is 5.97 Å². The Morgan fingerprint density at radius 3 is 2.59 bits per heavy atom. The van der Waals surface area contributed by atoms with Crippen LogP contribution in [-0.4, -0.2) is 55.5 Å². The van der Waals surface area contributed by atoms with Gasteiger partial charge in [-0.1, -0.05) is 11.6 Å². The number of hydrogen-bond donors (Lipinski definition) is 2. The SMILES string of the molecule is CCOC(=O)[C@@H]1CCCN(CC(=O)NNC(=O)COc2ccc(Cl)cc2)C1. The Kier molecular flexibility index (Phi) is 8.35. The fourth-order valence-electron chi connectivity index (χ4n) is 2.75. The third kappa shape index (κ3) is 7.44. The molecule has 1 aromatic rings. The molecule has 1 heterocycles. The summed E-state index contributed by atoms with van der Waals surface area (Å²) >= 11 is 5.77. The van der Waals surface area contributed by atoms with Gasteiger partial charge in [-0.25, -0.2) is 0 Å². The Morgan fingerprint density at radius 1 is 1.19 bits per heavy atom. The molecule has 1 aliphatic heterocycles. The smallest absolute Gasteiger partial charge is 0.310 e. The summed E-state index contributed by atoms with van der Waals surface area (Å²) in [6.07, 6.45) is 1.58. The van der Waals surface area contributed by atoms with Gasteiger partial charge in [0.25, 0.3) is 11.8 Å². The maximum atomic E-state index is 12.0. The minimum Gasteiger partial charge on any atom is -0.484 e. The minimum absolute atomic E-state index is 0.0915. The van der Waals surface area contributed by atoms with Crippen LogP contribution in [0.4, 0.5) is 0 Å². The third-order valence-corrected chi connectivity index (χ3v) is 4.27. The van der Waals surface area contributed by atoms with Gasteiger partial charge in [0, 0.05) is 11.6 Å². The predicted octanol–water partition coefficient (Wildman–Crippen LogP) is 1.14. The van der Waals surface area contributed by atoms with Crippen LogP contribution in [0.3, 0.4) is 0 Å². The zero-order chi connectivity index (χ0) is 19.6. The Hall–Kier alpha value is -2.32. The Morgan fingerprint density at radius 2 is 1.89 bits per heavy atom. The summed E-state index contributed by atoms with van der Waals surface area (Å²) in [5.74, 6) is -0.788. The quantitative estimate of drug-likeness (QED) is 0.529. The van der Waals surface area contributed by atoms with E-state index in [4.69, 9.17) is 21.1 Å². The Labute approximate surface area is 163 Å². The molecule has 9 heteroatoms. The predicted molar refractivity (Wildman–Crippen MR) is 99.0 cm³/mol. The highest BCUT2D eigenvalue weighted by molar-refractivity contribution is 6.30. The van der Waals surface area contributed by atoms with Gasteiger partial charge in [-0.3, -0.25) is 30.1 Å². The lowest BCUT2D eigenvalue weighted by Crippen LogP contribution is -2.50. The first-order chi connectivity index (χ1) is 13.0. The van der Waals surface area contributed by atoms with E-state index in [0.29, 0.717) is 23.9 Å². The van der Waals surface area contributed by atoms with E-state index in [1.165, 1.54) is 0 Å². The van der Waals surface area contributed by atoms with E-state index in [1.54, 1.807) is 31.2 Å². The fraction of sp³-hybridized carbons (Fsp3) is 0.500. The molecule has 1 atom stereocenters. The van der Waals surface area contributed by atoms with Crippen LogP contribution in [0.5, 0.6) is 5.75 Å². The molecular formula is C18H24ClN3O5. The van der Waals surface area contributed by atoms with Crippen molar-refractivity contribution in [2.75, 3.05) is 32.8 Å². The molecule has 148 valence electrons. The van der Waals surface area contributed by atoms with Crippen molar-refractivity contribution in [1.82, 2.24) is 15.8 Å². The number of piperidine rings is 1. The van der Waals surface area contributed by atoms with Gasteiger partial charge in [0.2, 0.25) is 0 Å². The van der Waals surface area contributed by atoms with Crippen LogP contribution in [0.15, 0.2) is 24.3 Å². The van der Waals surface area contributed by atoms with Gasteiger partial charge in [-0.05, 0) is 50.6 Å². The summed E-state index contributed by atoms with van der Waals surface area (Å²) < 4.78 is 10.3. The molecule has 0 radical (unpaired) electrons. The number of hydrogen-bond acceptors (Lipinski definition) is 6. The van der Waals surface area contributed by atoms with Crippen molar-refractivity contribution in [2.24, 2.45) is 5.92 Å².